The molecule has 24 heavy (non-hydrogen) atoms. The molecule has 0 aromatic heterocycles. The zero-order valence-electron chi connectivity index (χ0n) is 12.8. The van der Waals surface area contributed by atoms with Gasteiger partial charge in [-0.3, -0.25) is 4.79 Å². The summed E-state index contributed by atoms with van der Waals surface area (Å²) in [6.45, 7) is 0.121. The number of terminal acetylenes is 1. The van der Waals surface area contributed by atoms with Crippen LogP contribution in [0.2, 0.25) is 0 Å². The zero-order valence-corrected chi connectivity index (χ0v) is 15.2. The summed E-state index contributed by atoms with van der Waals surface area (Å²) in [4.78, 5) is 14.2. The number of carbonyl (C=O) groups excluding carboxylic acids is 1. The third kappa shape index (κ3) is 3.21. The Kier molecular flexibility index (Phi) is 4.98. The largest absolute Gasteiger partial charge is 0.493 e. The van der Waals surface area contributed by atoms with Crippen LogP contribution in [-0.4, -0.2) is 19.5 Å². The maximum atomic E-state index is 12.6. The third-order valence-corrected chi connectivity index (χ3v) is 4.99. The number of halogens is 1. The molecule has 0 N–H and O–H groups in total. The lowest BCUT2D eigenvalue weighted by molar-refractivity contribution is 0.104. The molecule has 0 saturated heterocycles. The zero-order chi connectivity index (χ0) is 17.1. The van der Waals surface area contributed by atoms with Crippen molar-refractivity contribution in [3.63, 3.8) is 0 Å². The minimum absolute atomic E-state index is 0.0115. The molecule has 0 aliphatic carbocycles. The highest BCUT2D eigenvalue weighted by molar-refractivity contribution is 9.10. The third-order valence-electron chi connectivity index (χ3n) is 3.43. The van der Waals surface area contributed by atoms with Crippen LogP contribution in [0.5, 0.6) is 11.5 Å². The van der Waals surface area contributed by atoms with Crippen molar-refractivity contribution in [1.82, 2.24) is 0 Å². The minimum atomic E-state index is 0.0115. The number of thioether (sulfide) groups is 1. The van der Waals surface area contributed by atoms with Crippen LogP contribution in [0.15, 0.2) is 50.7 Å². The van der Waals surface area contributed by atoms with Gasteiger partial charge in [0, 0.05) is 20.5 Å². The molecule has 0 atom stereocenters. The van der Waals surface area contributed by atoms with Crippen molar-refractivity contribution in [1.29, 1.82) is 0 Å². The molecule has 0 saturated carbocycles. The van der Waals surface area contributed by atoms with E-state index in [0.717, 1.165) is 20.5 Å². The Labute approximate surface area is 153 Å². The first-order chi connectivity index (χ1) is 11.6. The minimum Gasteiger partial charge on any atom is -0.493 e. The molecule has 2 aromatic carbocycles. The van der Waals surface area contributed by atoms with Crippen molar-refractivity contribution in [2.24, 2.45) is 0 Å². The Morgan fingerprint density at radius 3 is 2.83 bits per heavy atom. The van der Waals surface area contributed by atoms with Crippen molar-refractivity contribution in [3.8, 4) is 23.8 Å². The highest BCUT2D eigenvalue weighted by Crippen LogP contribution is 2.43. The van der Waals surface area contributed by atoms with Crippen LogP contribution in [0.3, 0.4) is 0 Å². The summed E-state index contributed by atoms with van der Waals surface area (Å²) in [5.41, 5.74) is 1.46. The van der Waals surface area contributed by atoms with E-state index in [4.69, 9.17) is 15.9 Å². The monoisotopic (exact) mass is 400 g/mol. The average Bonchev–Trinajstić information content (AvgIpc) is 2.90. The van der Waals surface area contributed by atoms with Gasteiger partial charge in [-0.2, -0.15) is 0 Å². The quantitative estimate of drug-likeness (QED) is 0.545. The van der Waals surface area contributed by atoms with Crippen molar-refractivity contribution >= 4 is 39.6 Å². The molecule has 1 aliphatic heterocycles. The summed E-state index contributed by atoms with van der Waals surface area (Å²) in [5, 5.41) is 0. The number of fused-ring (bicyclic) bond motifs is 1. The number of allylic oxidation sites excluding steroid dienone is 1. The molecule has 0 spiro atoms. The van der Waals surface area contributed by atoms with Crippen LogP contribution >= 0.6 is 27.7 Å². The van der Waals surface area contributed by atoms with Crippen LogP contribution in [0.1, 0.15) is 15.9 Å². The van der Waals surface area contributed by atoms with Gasteiger partial charge in [-0.15, -0.1) is 6.42 Å². The van der Waals surface area contributed by atoms with E-state index in [0.29, 0.717) is 16.4 Å². The molecule has 0 amide bonds. The van der Waals surface area contributed by atoms with E-state index in [2.05, 4.69) is 21.9 Å². The highest BCUT2D eigenvalue weighted by atomic mass is 79.9. The fraction of sp³-hybridized carbons (Fsp3) is 0.105. The molecule has 0 bridgehead atoms. The fourth-order valence-corrected chi connectivity index (χ4v) is 3.89. The van der Waals surface area contributed by atoms with Crippen LogP contribution in [0.4, 0.5) is 0 Å². The molecule has 5 heteroatoms. The predicted octanol–water partition coefficient (Wildman–Crippen LogP) is 4.80. The van der Waals surface area contributed by atoms with Gasteiger partial charge in [0.05, 0.1) is 12.0 Å². The number of rotatable bonds is 4. The summed E-state index contributed by atoms with van der Waals surface area (Å²) in [5.74, 6) is 3.53. The van der Waals surface area contributed by atoms with Gasteiger partial charge in [-0.05, 0) is 30.3 Å². The number of Topliss-reactive ketones (excluding diaryl/α,β-unsaturated/α-hetero) is 1. The lowest BCUT2D eigenvalue weighted by Gasteiger charge is -2.13. The number of carbonyl (C=O) groups is 1. The smallest absolute Gasteiger partial charge is 0.200 e. The molecule has 2 aromatic rings. The van der Waals surface area contributed by atoms with E-state index in [9.17, 15) is 4.79 Å². The number of hydrogen-bond donors (Lipinski definition) is 0. The van der Waals surface area contributed by atoms with E-state index in [1.54, 1.807) is 13.2 Å². The van der Waals surface area contributed by atoms with E-state index < -0.39 is 0 Å². The molecule has 120 valence electrons. The van der Waals surface area contributed by atoms with Gasteiger partial charge in [-0.1, -0.05) is 45.7 Å². The molecule has 0 unspecified atom stereocenters. The second kappa shape index (κ2) is 7.16. The second-order valence-corrected chi connectivity index (χ2v) is 6.95. The molecule has 1 heterocycles. The summed E-state index contributed by atoms with van der Waals surface area (Å²) in [6.07, 6.45) is 7.10. The first-order valence-electron chi connectivity index (χ1n) is 7.11. The Morgan fingerprint density at radius 2 is 2.12 bits per heavy atom. The topological polar surface area (TPSA) is 35.5 Å². The van der Waals surface area contributed by atoms with E-state index in [-0.39, 0.29) is 12.4 Å². The maximum Gasteiger partial charge on any atom is 0.200 e. The van der Waals surface area contributed by atoms with Crippen LogP contribution < -0.4 is 9.47 Å². The van der Waals surface area contributed by atoms with E-state index in [1.807, 2.05) is 36.4 Å². The normalized spacial score (nSPS) is 14.4. The first-order valence-corrected chi connectivity index (χ1v) is 8.72. The van der Waals surface area contributed by atoms with Crippen molar-refractivity contribution in [2.75, 3.05) is 13.7 Å². The standard InChI is InChI=1S/C19H13BrO3S/c1-3-8-23-19-12(9-13(20)11-15(19)22-2)10-17-18(21)14-6-4-5-7-16(14)24-17/h1,4-7,9-11H,8H2,2H3/b17-10-. The fourth-order valence-electron chi connectivity index (χ4n) is 2.39. The van der Waals surface area contributed by atoms with Gasteiger partial charge in [0.15, 0.2) is 11.5 Å². The van der Waals surface area contributed by atoms with Gasteiger partial charge in [0.2, 0.25) is 5.78 Å². The van der Waals surface area contributed by atoms with Gasteiger partial charge in [0.1, 0.15) is 6.61 Å². The Balaban J connectivity index is 2.06. The van der Waals surface area contributed by atoms with Gasteiger partial charge in [0.25, 0.3) is 0 Å². The molecule has 1 aliphatic rings. The average molecular weight is 401 g/mol. The lowest BCUT2D eigenvalue weighted by Crippen LogP contribution is -2.00. The van der Waals surface area contributed by atoms with Gasteiger partial charge >= 0.3 is 0 Å². The number of ether oxygens (including phenoxy) is 2. The first kappa shape index (κ1) is 16.7. The molecular weight excluding hydrogens is 388 g/mol. The SMILES string of the molecule is C#CCOc1c(/C=C2\Sc3ccccc3C2=O)cc(Br)cc1OC. The second-order valence-electron chi connectivity index (χ2n) is 4.96. The highest BCUT2D eigenvalue weighted by Gasteiger charge is 2.26. The predicted molar refractivity (Wildman–Crippen MR) is 99.6 cm³/mol. The van der Waals surface area contributed by atoms with E-state index in [1.165, 1.54) is 11.8 Å². The van der Waals surface area contributed by atoms with Crippen LogP contribution in [0, 0.1) is 12.3 Å². The van der Waals surface area contributed by atoms with Crippen molar-refractivity contribution in [2.45, 2.75) is 4.90 Å². The maximum absolute atomic E-state index is 12.6. The Bertz CT molecular complexity index is 881. The molecule has 0 fully saturated rings. The molecule has 3 nitrogen and oxygen atoms in total. The van der Waals surface area contributed by atoms with E-state index >= 15 is 0 Å². The molecular formula is C19H13BrO3S. The molecule has 3 rings (SSSR count). The summed E-state index contributed by atoms with van der Waals surface area (Å²) in [6, 6.07) is 11.2. The molecule has 0 radical (unpaired) electrons. The van der Waals surface area contributed by atoms with Gasteiger partial charge in [-0.25, -0.2) is 0 Å². The summed E-state index contributed by atoms with van der Waals surface area (Å²) < 4.78 is 11.8. The van der Waals surface area contributed by atoms with Crippen LogP contribution in [0.25, 0.3) is 6.08 Å². The Hall–Kier alpha value is -2.16. The summed E-state index contributed by atoms with van der Waals surface area (Å²) in [7, 11) is 1.56. The van der Waals surface area contributed by atoms with Crippen molar-refractivity contribution < 1.29 is 14.3 Å². The number of benzene rings is 2. The van der Waals surface area contributed by atoms with Crippen LogP contribution in [-0.2, 0) is 0 Å². The Morgan fingerprint density at radius 1 is 1.33 bits per heavy atom. The number of methoxy groups -OCH3 is 1. The number of hydrogen-bond acceptors (Lipinski definition) is 4. The van der Waals surface area contributed by atoms with Crippen molar-refractivity contribution in [3.05, 3.63) is 56.9 Å². The lowest BCUT2D eigenvalue weighted by atomic mass is 10.1. The number of ketones is 1. The summed E-state index contributed by atoms with van der Waals surface area (Å²) >= 11 is 4.90. The van der Waals surface area contributed by atoms with Gasteiger partial charge < -0.3 is 9.47 Å².